The van der Waals surface area contributed by atoms with Crippen LogP contribution in [0, 0.1) is 11.6 Å². The van der Waals surface area contributed by atoms with Gasteiger partial charge in [0.2, 0.25) is 0 Å². The summed E-state index contributed by atoms with van der Waals surface area (Å²) >= 11 is 0. The summed E-state index contributed by atoms with van der Waals surface area (Å²) in [5.74, 6) is -1.02. The first-order valence-corrected chi connectivity index (χ1v) is 6.56. The third-order valence-corrected chi connectivity index (χ3v) is 3.55. The molecule has 2 nitrogen and oxygen atoms in total. The SMILES string of the molecule is CN(CCC1CCCCN1)c1ccc(F)cc1F. The van der Waals surface area contributed by atoms with Crippen LogP contribution in [-0.4, -0.2) is 26.2 Å². The number of rotatable bonds is 4. The molecule has 0 bridgehead atoms. The van der Waals surface area contributed by atoms with Gasteiger partial charge in [-0.1, -0.05) is 6.42 Å². The summed E-state index contributed by atoms with van der Waals surface area (Å²) in [5.41, 5.74) is 0.465. The van der Waals surface area contributed by atoms with Crippen LogP contribution in [0.25, 0.3) is 0 Å². The van der Waals surface area contributed by atoms with Crippen LogP contribution in [0.3, 0.4) is 0 Å². The molecule has 1 aromatic carbocycles. The van der Waals surface area contributed by atoms with Crippen LogP contribution in [0.2, 0.25) is 0 Å². The van der Waals surface area contributed by atoms with Crippen molar-refractivity contribution in [2.24, 2.45) is 0 Å². The Labute approximate surface area is 107 Å². The monoisotopic (exact) mass is 254 g/mol. The van der Waals surface area contributed by atoms with E-state index in [4.69, 9.17) is 0 Å². The molecule has 1 saturated heterocycles. The van der Waals surface area contributed by atoms with E-state index in [1.807, 2.05) is 11.9 Å². The third kappa shape index (κ3) is 3.42. The van der Waals surface area contributed by atoms with Crippen molar-refractivity contribution in [2.75, 3.05) is 25.0 Å². The Morgan fingerprint density at radius 1 is 1.33 bits per heavy atom. The highest BCUT2D eigenvalue weighted by Gasteiger charge is 2.14. The Morgan fingerprint density at radius 3 is 2.83 bits per heavy atom. The van der Waals surface area contributed by atoms with Crippen molar-refractivity contribution in [3.63, 3.8) is 0 Å². The van der Waals surface area contributed by atoms with Crippen LogP contribution >= 0.6 is 0 Å². The van der Waals surface area contributed by atoms with E-state index in [0.717, 1.165) is 25.6 Å². The minimum absolute atomic E-state index is 0.465. The van der Waals surface area contributed by atoms with Crippen molar-refractivity contribution in [1.29, 1.82) is 0 Å². The number of hydrogen-bond acceptors (Lipinski definition) is 2. The molecule has 0 radical (unpaired) electrons. The summed E-state index contributed by atoms with van der Waals surface area (Å²) in [6, 6.07) is 4.27. The summed E-state index contributed by atoms with van der Waals surface area (Å²) in [4.78, 5) is 1.85. The molecule has 1 heterocycles. The van der Waals surface area contributed by atoms with Crippen LogP contribution in [0.4, 0.5) is 14.5 Å². The summed E-state index contributed by atoms with van der Waals surface area (Å²) in [6.07, 6.45) is 4.71. The van der Waals surface area contributed by atoms with Gasteiger partial charge in [0.15, 0.2) is 0 Å². The largest absolute Gasteiger partial charge is 0.372 e. The third-order valence-electron chi connectivity index (χ3n) is 3.55. The van der Waals surface area contributed by atoms with Crippen LogP contribution < -0.4 is 10.2 Å². The van der Waals surface area contributed by atoms with Crippen molar-refractivity contribution in [3.05, 3.63) is 29.8 Å². The lowest BCUT2D eigenvalue weighted by atomic mass is 10.0. The number of nitrogens with one attached hydrogen (secondary N) is 1. The molecule has 0 saturated carbocycles. The second-order valence-corrected chi connectivity index (χ2v) is 4.95. The average Bonchev–Trinajstić information content (AvgIpc) is 2.37. The number of anilines is 1. The van der Waals surface area contributed by atoms with Crippen LogP contribution in [0.15, 0.2) is 18.2 Å². The predicted octanol–water partition coefficient (Wildman–Crippen LogP) is 2.93. The van der Waals surface area contributed by atoms with Gasteiger partial charge in [0.05, 0.1) is 5.69 Å². The van der Waals surface area contributed by atoms with Gasteiger partial charge >= 0.3 is 0 Å². The Hall–Kier alpha value is -1.16. The number of halogens is 2. The van der Waals surface area contributed by atoms with Crippen molar-refractivity contribution in [3.8, 4) is 0 Å². The molecule has 18 heavy (non-hydrogen) atoms. The Morgan fingerprint density at radius 2 is 2.17 bits per heavy atom. The molecular weight excluding hydrogens is 234 g/mol. The van der Waals surface area contributed by atoms with Crippen molar-refractivity contribution >= 4 is 5.69 Å². The summed E-state index contributed by atoms with van der Waals surface area (Å²) in [7, 11) is 1.85. The lowest BCUT2D eigenvalue weighted by molar-refractivity contribution is 0.384. The molecule has 1 aromatic rings. The van der Waals surface area contributed by atoms with E-state index in [2.05, 4.69) is 5.32 Å². The molecule has 100 valence electrons. The van der Waals surface area contributed by atoms with Gasteiger partial charge in [-0.2, -0.15) is 0 Å². The van der Waals surface area contributed by atoms with Crippen molar-refractivity contribution in [1.82, 2.24) is 5.32 Å². The smallest absolute Gasteiger partial charge is 0.149 e. The highest BCUT2D eigenvalue weighted by molar-refractivity contribution is 5.46. The topological polar surface area (TPSA) is 15.3 Å². The molecule has 2 rings (SSSR count). The van der Waals surface area contributed by atoms with Gasteiger partial charge in [-0.15, -0.1) is 0 Å². The van der Waals surface area contributed by atoms with E-state index in [1.165, 1.54) is 31.4 Å². The molecule has 0 amide bonds. The van der Waals surface area contributed by atoms with Crippen LogP contribution in [-0.2, 0) is 0 Å². The maximum Gasteiger partial charge on any atom is 0.149 e. The zero-order valence-corrected chi connectivity index (χ0v) is 10.8. The lowest BCUT2D eigenvalue weighted by Crippen LogP contribution is -2.36. The highest BCUT2D eigenvalue weighted by Crippen LogP contribution is 2.20. The minimum atomic E-state index is -0.529. The molecule has 1 aliphatic rings. The van der Waals surface area contributed by atoms with Gasteiger partial charge < -0.3 is 10.2 Å². The average molecular weight is 254 g/mol. The van der Waals surface area contributed by atoms with Crippen LogP contribution in [0.5, 0.6) is 0 Å². The molecule has 0 aromatic heterocycles. The molecule has 0 aliphatic carbocycles. The van der Waals surface area contributed by atoms with E-state index in [0.29, 0.717) is 11.7 Å². The van der Waals surface area contributed by atoms with Crippen molar-refractivity contribution in [2.45, 2.75) is 31.7 Å². The molecule has 1 aliphatic heterocycles. The van der Waals surface area contributed by atoms with Gasteiger partial charge in [0, 0.05) is 25.7 Å². The molecule has 1 N–H and O–H groups in total. The quantitative estimate of drug-likeness (QED) is 0.888. The molecule has 1 atom stereocenters. The first kappa shape index (κ1) is 13.3. The van der Waals surface area contributed by atoms with Crippen molar-refractivity contribution < 1.29 is 8.78 Å². The molecule has 1 unspecified atom stereocenters. The van der Waals surface area contributed by atoms with E-state index >= 15 is 0 Å². The van der Waals surface area contributed by atoms with Crippen LogP contribution in [0.1, 0.15) is 25.7 Å². The van der Waals surface area contributed by atoms with Gasteiger partial charge in [0.1, 0.15) is 11.6 Å². The standard InChI is InChI=1S/C14H20F2N2/c1-18(9-7-12-4-2-3-8-17-12)14-6-5-11(15)10-13(14)16/h5-6,10,12,17H,2-4,7-9H2,1H3. The molecular formula is C14H20F2N2. The first-order valence-electron chi connectivity index (χ1n) is 6.56. The first-order chi connectivity index (χ1) is 8.66. The second-order valence-electron chi connectivity index (χ2n) is 4.95. The maximum atomic E-state index is 13.6. The molecule has 0 spiro atoms. The zero-order chi connectivity index (χ0) is 13.0. The molecule has 1 fully saturated rings. The van der Waals surface area contributed by atoms with Gasteiger partial charge in [0.25, 0.3) is 0 Å². The van der Waals surface area contributed by atoms with E-state index in [1.54, 1.807) is 0 Å². The van der Waals surface area contributed by atoms with E-state index in [9.17, 15) is 8.78 Å². The minimum Gasteiger partial charge on any atom is -0.372 e. The fourth-order valence-electron chi connectivity index (χ4n) is 2.43. The number of hydrogen-bond donors (Lipinski definition) is 1. The number of benzene rings is 1. The fraction of sp³-hybridized carbons (Fsp3) is 0.571. The number of nitrogens with zero attached hydrogens (tertiary/aromatic N) is 1. The summed E-state index contributed by atoms with van der Waals surface area (Å²) < 4.78 is 26.4. The fourth-order valence-corrected chi connectivity index (χ4v) is 2.43. The highest BCUT2D eigenvalue weighted by atomic mass is 19.1. The molecule has 4 heteroatoms. The van der Waals surface area contributed by atoms with E-state index < -0.39 is 11.6 Å². The maximum absolute atomic E-state index is 13.6. The predicted molar refractivity (Wildman–Crippen MR) is 69.9 cm³/mol. The van der Waals surface area contributed by atoms with E-state index in [-0.39, 0.29) is 0 Å². The summed E-state index contributed by atoms with van der Waals surface area (Å²) in [5, 5.41) is 3.47. The zero-order valence-electron chi connectivity index (χ0n) is 10.8. The van der Waals surface area contributed by atoms with Gasteiger partial charge in [-0.25, -0.2) is 8.78 Å². The Bertz CT molecular complexity index is 389. The lowest BCUT2D eigenvalue weighted by Gasteiger charge is -2.27. The Balaban J connectivity index is 1.88. The summed E-state index contributed by atoms with van der Waals surface area (Å²) in [6.45, 7) is 1.86. The number of piperidine rings is 1. The van der Waals surface area contributed by atoms with Gasteiger partial charge in [-0.05, 0) is 37.9 Å². The Kier molecular flexibility index (Phi) is 4.53. The van der Waals surface area contributed by atoms with Gasteiger partial charge in [-0.3, -0.25) is 0 Å². The second kappa shape index (κ2) is 6.14. The normalized spacial score (nSPS) is 19.8.